The number of carbonyl (C=O) groups is 2. The molecule has 4 fully saturated rings. The molecule has 4 saturated heterocycles. The lowest BCUT2D eigenvalue weighted by atomic mass is 9.83. The Balaban J connectivity index is 1.15. The van der Waals surface area contributed by atoms with E-state index in [-0.39, 0.29) is 42.5 Å². The standard InChI is InChI=1S/C24H29F3N2O4/c1-14-10-16(24(25,26)27)2-4-19(14)28-21(30)15-12-23(32-13-15)6-8-29(9-7-23)22(31)18-11-17-3-5-20(18)33-17/h2,4,10,15,17-18,20H,3,5-9,11-13H2,1H3,(H,28,30)/t15-,17-,18-,20-/m0/s1. The largest absolute Gasteiger partial charge is 0.416 e. The molecule has 2 bridgehead atoms. The molecule has 2 amide bonds. The fraction of sp³-hybridized carbons (Fsp3) is 0.667. The van der Waals surface area contributed by atoms with Gasteiger partial charge >= 0.3 is 6.18 Å². The van der Waals surface area contributed by atoms with Gasteiger partial charge in [-0.2, -0.15) is 13.2 Å². The number of piperidine rings is 1. The molecule has 4 aliphatic rings. The first-order chi connectivity index (χ1) is 15.6. The summed E-state index contributed by atoms with van der Waals surface area (Å²) >= 11 is 0. The molecule has 180 valence electrons. The highest BCUT2D eigenvalue weighted by Gasteiger charge is 2.49. The highest BCUT2D eigenvalue weighted by atomic mass is 19.4. The molecule has 4 atom stereocenters. The van der Waals surface area contributed by atoms with Crippen molar-refractivity contribution in [1.82, 2.24) is 4.90 Å². The van der Waals surface area contributed by atoms with E-state index in [4.69, 9.17) is 9.47 Å². The number of likely N-dealkylation sites (tertiary alicyclic amines) is 1. The summed E-state index contributed by atoms with van der Waals surface area (Å²) in [5.41, 5.74) is -0.413. The molecule has 5 rings (SSSR count). The smallest absolute Gasteiger partial charge is 0.374 e. The van der Waals surface area contributed by atoms with Crippen LogP contribution in [0.1, 0.15) is 49.7 Å². The third-order valence-corrected chi connectivity index (χ3v) is 7.80. The molecule has 1 N–H and O–H groups in total. The zero-order chi connectivity index (χ0) is 23.4. The predicted octanol–water partition coefficient (Wildman–Crippen LogP) is 3.92. The molecule has 0 radical (unpaired) electrons. The van der Waals surface area contributed by atoms with Gasteiger partial charge in [0.25, 0.3) is 0 Å². The summed E-state index contributed by atoms with van der Waals surface area (Å²) in [6.45, 7) is 3.04. The Kier molecular flexibility index (Phi) is 5.68. The highest BCUT2D eigenvalue weighted by Crippen LogP contribution is 2.42. The fourth-order valence-corrected chi connectivity index (χ4v) is 5.84. The molecular formula is C24H29F3N2O4. The second kappa shape index (κ2) is 8.27. The molecule has 1 spiro atoms. The van der Waals surface area contributed by atoms with Crippen LogP contribution in [0, 0.1) is 18.8 Å². The van der Waals surface area contributed by atoms with Crippen molar-refractivity contribution >= 4 is 17.5 Å². The monoisotopic (exact) mass is 466 g/mol. The second-order valence-corrected chi connectivity index (χ2v) is 9.95. The van der Waals surface area contributed by atoms with E-state index < -0.39 is 17.3 Å². The topological polar surface area (TPSA) is 67.9 Å². The molecule has 4 aliphatic heterocycles. The van der Waals surface area contributed by atoms with Gasteiger partial charge in [0.05, 0.1) is 41.8 Å². The zero-order valence-corrected chi connectivity index (χ0v) is 18.6. The maximum atomic E-state index is 13.0. The quantitative estimate of drug-likeness (QED) is 0.734. The molecule has 0 aromatic heterocycles. The van der Waals surface area contributed by atoms with E-state index in [1.807, 2.05) is 4.90 Å². The molecule has 4 heterocycles. The second-order valence-electron chi connectivity index (χ2n) is 9.95. The Morgan fingerprint density at radius 2 is 1.94 bits per heavy atom. The minimum absolute atomic E-state index is 0.0206. The zero-order valence-electron chi connectivity index (χ0n) is 18.6. The Morgan fingerprint density at radius 3 is 2.55 bits per heavy atom. The van der Waals surface area contributed by atoms with Gasteiger partial charge in [-0.1, -0.05) is 0 Å². The van der Waals surface area contributed by atoms with Crippen molar-refractivity contribution < 1.29 is 32.2 Å². The van der Waals surface area contributed by atoms with Gasteiger partial charge in [0, 0.05) is 18.8 Å². The normalized spacial score (nSPS) is 30.7. The van der Waals surface area contributed by atoms with E-state index >= 15 is 0 Å². The number of halogens is 3. The number of anilines is 1. The summed E-state index contributed by atoms with van der Waals surface area (Å²) in [6.07, 6.45) is 0.670. The van der Waals surface area contributed by atoms with E-state index in [0.717, 1.165) is 31.4 Å². The summed E-state index contributed by atoms with van der Waals surface area (Å²) in [7, 11) is 0. The first-order valence-electron chi connectivity index (χ1n) is 11.7. The van der Waals surface area contributed by atoms with Crippen LogP contribution in [0.3, 0.4) is 0 Å². The van der Waals surface area contributed by atoms with Gasteiger partial charge in [-0.3, -0.25) is 9.59 Å². The Bertz CT molecular complexity index is 942. The number of hydrogen-bond donors (Lipinski definition) is 1. The van der Waals surface area contributed by atoms with Crippen molar-refractivity contribution in [3.05, 3.63) is 29.3 Å². The molecule has 0 aliphatic carbocycles. The number of aryl methyl sites for hydroxylation is 1. The number of carbonyl (C=O) groups excluding carboxylic acids is 2. The van der Waals surface area contributed by atoms with Crippen LogP contribution in [-0.2, 0) is 25.2 Å². The number of alkyl halides is 3. The summed E-state index contributed by atoms with van der Waals surface area (Å²) in [6, 6.07) is 3.31. The van der Waals surface area contributed by atoms with Gasteiger partial charge in [0.15, 0.2) is 0 Å². The molecule has 33 heavy (non-hydrogen) atoms. The summed E-state index contributed by atoms with van der Waals surface area (Å²) in [5.74, 6) is -0.449. The third kappa shape index (κ3) is 4.37. The fourth-order valence-electron chi connectivity index (χ4n) is 5.84. The number of ether oxygens (including phenoxy) is 2. The molecule has 1 aromatic carbocycles. The van der Waals surface area contributed by atoms with Crippen molar-refractivity contribution in [2.24, 2.45) is 11.8 Å². The van der Waals surface area contributed by atoms with Crippen LogP contribution >= 0.6 is 0 Å². The van der Waals surface area contributed by atoms with Gasteiger partial charge in [-0.25, -0.2) is 0 Å². The van der Waals surface area contributed by atoms with Crippen molar-refractivity contribution in [3.8, 4) is 0 Å². The average molecular weight is 467 g/mol. The van der Waals surface area contributed by atoms with Gasteiger partial charge in [-0.15, -0.1) is 0 Å². The maximum Gasteiger partial charge on any atom is 0.416 e. The first-order valence-corrected chi connectivity index (χ1v) is 11.7. The van der Waals surface area contributed by atoms with Crippen LogP contribution in [-0.4, -0.2) is 54.2 Å². The lowest BCUT2D eigenvalue weighted by molar-refractivity contribution is -0.142. The van der Waals surface area contributed by atoms with Crippen LogP contribution in [0.5, 0.6) is 0 Å². The number of nitrogens with one attached hydrogen (secondary N) is 1. The molecule has 0 unspecified atom stereocenters. The van der Waals surface area contributed by atoms with E-state index in [9.17, 15) is 22.8 Å². The third-order valence-electron chi connectivity index (χ3n) is 7.80. The summed E-state index contributed by atoms with van der Waals surface area (Å²) in [4.78, 5) is 27.7. The van der Waals surface area contributed by atoms with Crippen LogP contribution in [0.4, 0.5) is 18.9 Å². The lowest BCUT2D eigenvalue weighted by Gasteiger charge is -2.40. The molecule has 1 aromatic rings. The van der Waals surface area contributed by atoms with E-state index in [2.05, 4.69) is 5.32 Å². The minimum atomic E-state index is -4.42. The van der Waals surface area contributed by atoms with E-state index in [1.54, 1.807) is 6.92 Å². The Hall–Kier alpha value is -2.13. The van der Waals surface area contributed by atoms with E-state index in [0.29, 0.717) is 43.6 Å². The van der Waals surface area contributed by atoms with Gasteiger partial charge in [-0.05, 0) is 69.2 Å². The molecule has 0 saturated carbocycles. The number of amides is 2. The van der Waals surface area contributed by atoms with Crippen molar-refractivity contribution in [2.45, 2.75) is 69.4 Å². The number of rotatable bonds is 3. The lowest BCUT2D eigenvalue weighted by Crippen LogP contribution is -2.49. The average Bonchev–Trinajstić information content (AvgIpc) is 3.51. The minimum Gasteiger partial charge on any atom is -0.374 e. The van der Waals surface area contributed by atoms with Crippen molar-refractivity contribution in [1.29, 1.82) is 0 Å². The van der Waals surface area contributed by atoms with Crippen molar-refractivity contribution in [3.63, 3.8) is 0 Å². The van der Waals surface area contributed by atoms with Crippen molar-refractivity contribution in [2.75, 3.05) is 25.0 Å². The van der Waals surface area contributed by atoms with Crippen LogP contribution in [0.2, 0.25) is 0 Å². The number of fused-ring (bicyclic) bond motifs is 2. The Morgan fingerprint density at radius 1 is 1.18 bits per heavy atom. The molecular weight excluding hydrogens is 437 g/mol. The first kappa shape index (κ1) is 22.7. The number of nitrogens with zero attached hydrogens (tertiary/aromatic N) is 1. The van der Waals surface area contributed by atoms with Crippen LogP contribution in [0.25, 0.3) is 0 Å². The van der Waals surface area contributed by atoms with Gasteiger partial charge in [0.1, 0.15) is 0 Å². The maximum absolute atomic E-state index is 13.0. The number of hydrogen-bond acceptors (Lipinski definition) is 4. The Labute approximate surface area is 190 Å². The SMILES string of the molecule is Cc1cc(C(F)(F)F)ccc1NC(=O)[C@@H]1COC2(CCN(C(=O)[C@H]3C[C@@H]4CC[C@@H]3O4)CC2)C1. The van der Waals surface area contributed by atoms with Gasteiger partial charge in [0.2, 0.25) is 11.8 Å². The molecule has 9 heteroatoms. The molecule has 6 nitrogen and oxygen atoms in total. The highest BCUT2D eigenvalue weighted by molar-refractivity contribution is 5.93. The summed E-state index contributed by atoms with van der Waals surface area (Å²) < 4.78 is 50.6. The van der Waals surface area contributed by atoms with E-state index in [1.165, 1.54) is 6.07 Å². The summed E-state index contributed by atoms with van der Waals surface area (Å²) in [5, 5.41) is 2.77. The number of benzene rings is 1. The van der Waals surface area contributed by atoms with Crippen LogP contribution < -0.4 is 5.32 Å². The van der Waals surface area contributed by atoms with Crippen LogP contribution in [0.15, 0.2) is 18.2 Å². The van der Waals surface area contributed by atoms with Gasteiger partial charge < -0.3 is 19.7 Å². The predicted molar refractivity (Wildman–Crippen MR) is 113 cm³/mol.